The highest BCUT2D eigenvalue weighted by molar-refractivity contribution is 8.00. The van der Waals surface area contributed by atoms with E-state index in [1.54, 1.807) is 26.4 Å². The molecule has 0 spiro atoms. The average Bonchev–Trinajstić information content (AvgIpc) is 3.39. The summed E-state index contributed by atoms with van der Waals surface area (Å²) in [6.45, 7) is 2.55. The molecule has 7 nitrogen and oxygen atoms in total. The zero-order chi connectivity index (χ0) is 20.4. The highest BCUT2D eigenvalue weighted by atomic mass is 32.2. The number of nitrogens with zero attached hydrogens (tertiary/aromatic N) is 3. The molecule has 2 aromatic carbocycles. The second-order valence-electron chi connectivity index (χ2n) is 6.57. The number of benzene rings is 2. The highest BCUT2D eigenvalue weighted by Crippen LogP contribution is 2.34. The van der Waals surface area contributed by atoms with Gasteiger partial charge in [-0.1, -0.05) is 30.0 Å². The van der Waals surface area contributed by atoms with Crippen LogP contribution in [0.2, 0.25) is 0 Å². The molecular formula is C21H21N3O4S. The van der Waals surface area contributed by atoms with Crippen molar-refractivity contribution in [2.24, 2.45) is 0 Å². The van der Waals surface area contributed by atoms with Crippen LogP contribution >= 0.6 is 11.8 Å². The van der Waals surface area contributed by atoms with Crippen molar-refractivity contribution in [1.82, 2.24) is 10.2 Å². The Kier molecular flexibility index (Phi) is 5.44. The van der Waals surface area contributed by atoms with Crippen LogP contribution in [0.25, 0.3) is 11.5 Å². The molecule has 0 N–H and O–H groups in total. The van der Waals surface area contributed by atoms with Crippen molar-refractivity contribution in [2.45, 2.75) is 23.8 Å². The lowest BCUT2D eigenvalue weighted by Crippen LogP contribution is -2.35. The van der Waals surface area contributed by atoms with Crippen molar-refractivity contribution >= 4 is 23.4 Å². The van der Waals surface area contributed by atoms with Gasteiger partial charge < -0.3 is 18.8 Å². The van der Waals surface area contributed by atoms with E-state index in [-0.39, 0.29) is 11.2 Å². The number of amides is 1. The molecular weight excluding hydrogens is 390 g/mol. The van der Waals surface area contributed by atoms with Crippen LogP contribution in [0.15, 0.2) is 52.1 Å². The maximum absolute atomic E-state index is 12.9. The Morgan fingerprint density at radius 3 is 2.72 bits per heavy atom. The van der Waals surface area contributed by atoms with Crippen LogP contribution in [-0.4, -0.2) is 42.1 Å². The third kappa shape index (κ3) is 3.80. The predicted octanol–water partition coefficient (Wildman–Crippen LogP) is 3.82. The smallest absolute Gasteiger partial charge is 0.277 e. The Labute approximate surface area is 173 Å². The number of para-hydroxylation sites is 1. The SMILES string of the molecule is COc1ccc(-c2nnc(S[C@H](C)C(=O)N3CCc4ccccc43)o2)cc1OC. The molecule has 0 aliphatic carbocycles. The molecule has 4 rings (SSSR count). The van der Waals surface area contributed by atoms with Gasteiger partial charge in [0.2, 0.25) is 11.8 Å². The molecule has 1 aliphatic rings. The number of hydrogen-bond donors (Lipinski definition) is 0. The van der Waals surface area contributed by atoms with E-state index in [1.165, 1.54) is 17.3 Å². The lowest BCUT2D eigenvalue weighted by atomic mass is 10.2. The van der Waals surface area contributed by atoms with Crippen molar-refractivity contribution in [3.05, 3.63) is 48.0 Å². The van der Waals surface area contributed by atoms with Gasteiger partial charge in [-0.25, -0.2) is 0 Å². The number of rotatable bonds is 6. The molecule has 1 aromatic heterocycles. The summed E-state index contributed by atoms with van der Waals surface area (Å²) >= 11 is 1.26. The molecule has 0 radical (unpaired) electrons. The van der Waals surface area contributed by atoms with Crippen LogP contribution in [0.5, 0.6) is 11.5 Å². The molecule has 1 amide bonds. The van der Waals surface area contributed by atoms with Crippen LogP contribution in [0.3, 0.4) is 0 Å². The molecule has 1 aliphatic heterocycles. The number of hydrogen-bond acceptors (Lipinski definition) is 7. The summed E-state index contributed by atoms with van der Waals surface area (Å²) in [5, 5.41) is 8.19. The lowest BCUT2D eigenvalue weighted by molar-refractivity contribution is -0.117. The zero-order valence-corrected chi connectivity index (χ0v) is 17.2. The number of carbonyl (C=O) groups is 1. The number of thioether (sulfide) groups is 1. The standard InChI is InChI=1S/C21H21N3O4S/c1-13(20(25)24-11-10-14-6-4-5-7-16(14)24)29-21-23-22-19(28-21)15-8-9-17(26-2)18(12-15)27-3/h4-9,12-13H,10-11H2,1-3H3/t13-/m1/s1. The van der Waals surface area contributed by atoms with Crippen LogP contribution in [-0.2, 0) is 11.2 Å². The average molecular weight is 411 g/mol. The van der Waals surface area contributed by atoms with Crippen molar-refractivity contribution in [2.75, 3.05) is 25.7 Å². The van der Waals surface area contributed by atoms with Crippen LogP contribution in [0, 0.1) is 0 Å². The second-order valence-corrected chi connectivity index (χ2v) is 7.86. The van der Waals surface area contributed by atoms with Crippen molar-refractivity contribution in [3.8, 4) is 23.0 Å². The normalized spacial score (nSPS) is 13.8. The third-order valence-corrected chi connectivity index (χ3v) is 5.74. The van der Waals surface area contributed by atoms with Crippen LogP contribution in [0.4, 0.5) is 5.69 Å². The Hall–Kier alpha value is -3.00. The minimum Gasteiger partial charge on any atom is -0.493 e. The largest absolute Gasteiger partial charge is 0.493 e. The van der Waals surface area contributed by atoms with Gasteiger partial charge >= 0.3 is 0 Å². The van der Waals surface area contributed by atoms with Crippen molar-refractivity contribution < 1.29 is 18.7 Å². The number of aromatic nitrogens is 2. The fourth-order valence-corrected chi connectivity index (χ4v) is 4.08. The van der Waals surface area contributed by atoms with E-state index >= 15 is 0 Å². The Morgan fingerprint density at radius 1 is 1.14 bits per heavy atom. The molecule has 2 heterocycles. The number of carbonyl (C=O) groups excluding carboxylic acids is 1. The molecule has 0 saturated carbocycles. The number of methoxy groups -OCH3 is 2. The summed E-state index contributed by atoms with van der Waals surface area (Å²) in [6, 6.07) is 13.4. The van der Waals surface area contributed by atoms with Crippen molar-refractivity contribution in [1.29, 1.82) is 0 Å². The van der Waals surface area contributed by atoms with E-state index < -0.39 is 0 Å². The molecule has 3 aromatic rings. The van der Waals surface area contributed by atoms with Crippen LogP contribution < -0.4 is 14.4 Å². The maximum Gasteiger partial charge on any atom is 0.277 e. The van der Waals surface area contributed by atoms with Gasteiger partial charge in [-0.3, -0.25) is 4.79 Å². The monoisotopic (exact) mass is 411 g/mol. The summed E-state index contributed by atoms with van der Waals surface area (Å²) in [4.78, 5) is 14.8. The first-order chi connectivity index (χ1) is 14.1. The van der Waals surface area contributed by atoms with Crippen LogP contribution in [0.1, 0.15) is 12.5 Å². The molecule has 1 atom stereocenters. The van der Waals surface area contributed by atoms with E-state index in [2.05, 4.69) is 16.3 Å². The highest BCUT2D eigenvalue weighted by Gasteiger charge is 2.29. The fraction of sp³-hybridized carbons (Fsp3) is 0.286. The first-order valence-electron chi connectivity index (χ1n) is 9.22. The lowest BCUT2D eigenvalue weighted by Gasteiger charge is -2.20. The van der Waals surface area contributed by atoms with Gasteiger partial charge in [0.15, 0.2) is 11.5 Å². The predicted molar refractivity (Wildman–Crippen MR) is 111 cm³/mol. The zero-order valence-electron chi connectivity index (χ0n) is 16.4. The second kappa shape index (κ2) is 8.16. The summed E-state index contributed by atoms with van der Waals surface area (Å²) < 4.78 is 16.3. The first-order valence-corrected chi connectivity index (χ1v) is 10.1. The first kappa shape index (κ1) is 19.3. The molecule has 0 bridgehead atoms. The number of fused-ring (bicyclic) bond motifs is 1. The maximum atomic E-state index is 12.9. The van der Waals surface area contributed by atoms with E-state index in [4.69, 9.17) is 13.9 Å². The number of anilines is 1. The van der Waals surface area contributed by atoms with Gasteiger partial charge in [0.25, 0.3) is 5.22 Å². The van der Waals surface area contributed by atoms with E-state index in [0.29, 0.717) is 29.2 Å². The minimum absolute atomic E-state index is 0.0332. The quantitative estimate of drug-likeness (QED) is 0.571. The molecule has 0 unspecified atom stereocenters. The Morgan fingerprint density at radius 2 is 1.93 bits per heavy atom. The summed E-state index contributed by atoms with van der Waals surface area (Å²) in [5.74, 6) is 1.59. The van der Waals surface area contributed by atoms with E-state index in [1.807, 2.05) is 36.1 Å². The van der Waals surface area contributed by atoms with E-state index in [0.717, 1.165) is 17.7 Å². The van der Waals surface area contributed by atoms with Crippen molar-refractivity contribution in [3.63, 3.8) is 0 Å². The third-order valence-electron chi connectivity index (χ3n) is 4.82. The van der Waals surface area contributed by atoms with Gasteiger partial charge in [0, 0.05) is 17.8 Å². The van der Waals surface area contributed by atoms with Gasteiger partial charge in [0.1, 0.15) is 0 Å². The molecule has 29 heavy (non-hydrogen) atoms. The summed E-state index contributed by atoms with van der Waals surface area (Å²) in [5.41, 5.74) is 2.91. The molecule has 150 valence electrons. The van der Waals surface area contributed by atoms with Gasteiger partial charge in [-0.2, -0.15) is 0 Å². The van der Waals surface area contributed by atoms with Gasteiger partial charge in [-0.05, 0) is 43.2 Å². The fourth-order valence-electron chi connectivity index (χ4n) is 3.33. The molecule has 0 fully saturated rings. The van der Waals surface area contributed by atoms with E-state index in [9.17, 15) is 4.79 Å². The Bertz CT molecular complexity index is 1040. The minimum atomic E-state index is -0.347. The number of ether oxygens (including phenoxy) is 2. The molecule has 8 heteroatoms. The van der Waals surface area contributed by atoms with Gasteiger partial charge in [0.05, 0.1) is 19.5 Å². The topological polar surface area (TPSA) is 77.7 Å². The van der Waals surface area contributed by atoms with Gasteiger partial charge in [-0.15, -0.1) is 10.2 Å². The summed E-state index contributed by atoms with van der Waals surface area (Å²) in [7, 11) is 3.15. The summed E-state index contributed by atoms with van der Waals surface area (Å²) in [6.07, 6.45) is 0.878. The Balaban J connectivity index is 1.47. The molecule has 0 saturated heterocycles.